The van der Waals surface area contributed by atoms with Crippen LogP contribution in [0, 0.1) is 0 Å². The number of aromatic nitrogens is 4. The fraction of sp³-hybridized carbons (Fsp3) is 0.368. The van der Waals surface area contributed by atoms with E-state index in [1.807, 2.05) is 6.07 Å². The van der Waals surface area contributed by atoms with Gasteiger partial charge in [-0.3, -0.25) is 4.79 Å². The molecule has 2 aromatic heterocycles. The molecule has 1 fully saturated rings. The van der Waals surface area contributed by atoms with Crippen molar-refractivity contribution in [2.24, 2.45) is 0 Å². The van der Waals surface area contributed by atoms with Crippen LogP contribution in [-0.2, 0) is 0 Å². The molecule has 0 spiro atoms. The van der Waals surface area contributed by atoms with Gasteiger partial charge in [-0.15, -0.1) is 5.10 Å². The Balaban J connectivity index is 1.54. The van der Waals surface area contributed by atoms with Gasteiger partial charge >= 0.3 is 0 Å². The molecule has 0 aliphatic heterocycles. The maximum absolute atomic E-state index is 11.8. The highest BCUT2D eigenvalue weighted by Crippen LogP contribution is 2.22. The lowest BCUT2D eigenvalue weighted by molar-refractivity contribution is 0.0963. The molecule has 9 heteroatoms. The van der Waals surface area contributed by atoms with E-state index < -0.39 is 0 Å². The Kier molecular flexibility index (Phi) is 5.07. The summed E-state index contributed by atoms with van der Waals surface area (Å²) in [5.41, 5.74) is 1.94. The minimum atomic E-state index is -0.200. The lowest BCUT2D eigenvalue weighted by Crippen LogP contribution is -2.29. The molecular formula is C19H23N7O2. The molecule has 0 unspecified atom stereocenters. The molecule has 1 aliphatic carbocycles. The number of hydrogen-bond acceptors (Lipinski definition) is 7. The molecule has 3 aromatic rings. The van der Waals surface area contributed by atoms with Gasteiger partial charge in [-0.05, 0) is 43.9 Å². The number of fused-ring (bicyclic) bond motifs is 1. The minimum absolute atomic E-state index is 0.153. The van der Waals surface area contributed by atoms with E-state index in [9.17, 15) is 9.90 Å². The second-order valence-corrected chi connectivity index (χ2v) is 6.91. The van der Waals surface area contributed by atoms with Crippen molar-refractivity contribution in [3.63, 3.8) is 0 Å². The van der Waals surface area contributed by atoms with Gasteiger partial charge in [0.2, 0.25) is 11.9 Å². The third-order valence-electron chi connectivity index (χ3n) is 4.89. The summed E-state index contributed by atoms with van der Waals surface area (Å²) in [6.45, 7) is 0. The van der Waals surface area contributed by atoms with Crippen LogP contribution in [-0.4, -0.2) is 49.8 Å². The van der Waals surface area contributed by atoms with Crippen LogP contribution in [0.25, 0.3) is 5.65 Å². The number of carbonyl (C=O) groups is 1. The lowest BCUT2D eigenvalue weighted by atomic mass is 9.93. The van der Waals surface area contributed by atoms with Gasteiger partial charge in [-0.1, -0.05) is 6.07 Å². The third kappa shape index (κ3) is 3.89. The number of aliphatic hydroxyl groups excluding tert-OH is 1. The van der Waals surface area contributed by atoms with E-state index in [2.05, 4.69) is 31.0 Å². The average Bonchev–Trinajstić information content (AvgIpc) is 3.12. The Bertz CT molecular complexity index is 979. The van der Waals surface area contributed by atoms with Gasteiger partial charge in [0.25, 0.3) is 5.91 Å². The molecule has 28 heavy (non-hydrogen) atoms. The van der Waals surface area contributed by atoms with E-state index in [1.54, 1.807) is 42.0 Å². The van der Waals surface area contributed by atoms with Crippen LogP contribution in [0.2, 0.25) is 0 Å². The largest absolute Gasteiger partial charge is 0.393 e. The zero-order valence-electron chi connectivity index (χ0n) is 15.6. The normalized spacial score (nSPS) is 19.4. The van der Waals surface area contributed by atoms with Gasteiger partial charge in [0.1, 0.15) is 0 Å². The minimum Gasteiger partial charge on any atom is -0.393 e. The zero-order chi connectivity index (χ0) is 19.5. The van der Waals surface area contributed by atoms with E-state index in [-0.39, 0.29) is 18.1 Å². The molecule has 0 atom stereocenters. The summed E-state index contributed by atoms with van der Waals surface area (Å²) in [5, 5.41) is 23.3. The molecule has 4 rings (SSSR count). The van der Waals surface area contributed by atoms with Crippen molar-refractivity contribution in [2.45, 2.75) is 37.8 Å². The topological polar surface area (TPSA) is 116 Å². The Morgan fingerprint density at radius 1 is 1.21 bits per heavy atom. The van der Waals surface area contributed by atoms with Crippen LogP contribution >= 0.6 is 0 Å². The molecule has 1 aliphatic rings. The van der Waals surface area contributed by atoms with Crippen LogP contribution < -0.4 is 16.0 Å². The SMILES string of the molecule is CNC(=O)c1cccc(Nc2nc3ccnc(NC4CCC(O)CC4)n3n2)c1. The third-order valence-corrected chi connectivity index (χ3v) is 4.89. The molecule has 4 N–H and O–H groups in total. The second kappa shape index (κ2) is 7.81. The molecule has 1 aromatic carbocycles. The molecule has 0 bridgehead atoms. The number of anilines is 3. The molecule has 0 radical (unpaired) electrons. The lowest BCUT2D eigenvalue weighted by Gasteiger charge is -2.26. The summed E-state index contributed by atoms with van der Waals surface area (Å²) in [4.78, 5) is 20.7. The van der Waals surface area contributed by atoms with Crippen molar-refractivity contribution >= 4 is 29.1 Å². The Labute approximate surface area is 162 Å². The standard InChI is InChI=1S/C19H23N7O2/c1-20-17(28)12-3-2-4-14(11-12)22-18-24-16-9-10-21-19(26(16)25-18)23-13-5-7-15(27)8-6-13/h2-4,9-11,13,15,27H,5-8H2,1H3,(H,20,28)(H,21,23)(H,22,25). The van der Waals surface area contributed by atoms with Crippen molar-refractivity contribution in [3.05, 3.63) is 42.1 Å². The fourth-order valence-electron chi connectivity index (χ4n) is 3.38. The molecule has 9 nitrogen and oxygen atoms in total. The molecule has 1 saturated carbocycles. The molecule has 146 valence electrons. The monoisotopic (exact) mass is 381 g/mol. The predicted molar refractivity (Wildman–Crippen MR) is 106 cm³/mol. The van der Waals surface area contributed by atoms with Gasteiger partial charge in [0, 0.05) is 36.6 Å². The smallest absolute Gasteiger partial charge is 0.251 e. The number of hydrogen-bond donors (Lipinski definition) is 4. The molecule has 2 heterocycles. The van der Waals surface area contributed by atoms with E-state index in [0.29, 0.717) is 23.1 Å². The summed E-state index contributed by atoms with van der Waals surface area (Å²) in [6.07, 6.45) is 4.87. The Morgan fingerprint density at radius 2 is 2.04 bits per heavy atom. The second-order valence-electron chi connectivity index (χ2n) is 6.91. The molecular weight excluding hydrogens is 358 g/mol. The zero-order valence-corrected chi connectivity index (χ0v) is 15.6. The van der Waals surface area contributed by atoms with Gasteiger partial charge in [-0.2, -0.15) is 9.50 Å². The van der Waals surface area contributed by atoms with E-state index in [1.165, 1.54) is 0 Å². The van der Waals surface area contributed by atoms with Crippen LogP contribution in [0.5, 0.6) is 0 Å². The maximum atomic E-state index is 11.8. The highest BCUT2D eigenvalue weighted by atomic mass is 16.3. The summed E-state index contributed by atoms with van der Waals surface area (Å²) in [5.74, 6) is 0.891. The number of nitrogens with zero attached hydrogens (tertiary/aromatic N) is 4. The summed E-state index contributed by atoms with van der Waals surface area (Å²) in [7, 11) is 1.60. The van der Waals surface area contributed by atoms with Crippen molar-refractivity contribution in [3.8, 4) is 0 Å². The molecule has 0 saturated heterocycles. The van der Waals surface area contributed by atoms with Gasteiger partial charge in [0.05, 0.1) is 6.10 Å². The number of carbonyl (C=O) groups excluding carboxylic acids is 1. The van der Waals surface area contributed by atoms with Crippen molar-refractivity contribution in [1.82, 2.24) is 24.9 Å². The number of aliphatic hydroxyl groups is 1. The summed E-state index contributed by atoms with van der Waals surface area (Å²) < 4.78 is 1.66. The Hall–Kier alpha value is -3.20. The summed E-state index contributed by atoms with van der Waals surface area (Å²) >= 11 is 0. The maximum Gasteiger partial charge on any atom is 0.251 e. The summed E-state index contributed by atoms with van der Waals surface area (Å²) in [6, 6.07) is 9.18. The predicted octanol–water partition coefficient (Wildman–Crippen LogP) is 1.94. The van der Waals surface area contributed by atoms with E-state index in [0.717, 1.165) is 31.4 Å². The van der Waals surface area contributed by atoms with Gasteiger partial charge in [-0.25, -0.2) is 4.98 Å². The van der Waals surface area contributed by atoms with Gasteiger partial charge in [0.15, 0.2) is 5.65 Å². The first-order valence-electron chi connectivity index (χ1n) is 9.38. The number of amides is 1. The molecule has 1 amide bonds. The number of benzene rings is 1. The number of nitrogens with one attached hydrogen (secondary N) is 3. The van der Waals surface area contributed by atoms with Crippen molar-refractivity contribution < 1.29 is 9.90 Å². The number of rotatable bonds is 5. The highest BCUT2D eigenvalue weighted by molar-refractivity contribution is 5.95. The first-order valence-corrected chi connectivity index (χ1v) is 9.38. The van der Waals surface area contributed by atoms with Crippen molar-refractivity contribution in [1.29, 1.82) is 0 Å². The van der Waals surface area contributed by atoms with E-state index in [4.69, 9.17) is 0 Å². The quantitative estimate of drug-likeness (QED) is 0.534. The highest BCUT2D eigenvalue weighted by Gasteiger charge is 2.20. The first kappa shape index (κ1) is 18.2. The van der Waals surface area contributed by atoms with E-state index >= 15 is 0 Å². The first-order chi connectivity index (χ1) is 13.6. The Morgan fingerprint density at radius 3 is 2.82 bits per heavy atom. The fourth-order valence-corrected chi connectivity index (χ4v) is 3.38. The van der Waals surface area contributed by atoms with Crippen LogP contribution in [0.15, 0.2) is 36.5 Å². The van der Waals surface area contributed by atoms with Crippen LogP contribution in [0.3, 0.4) is 0 Å². The van der Waals surface area contributed by atoms with Crippen molar-refractivity contribution in [2.75, 3.05) is 17.7 Å². The van der Waals surface area contributed by atoms with Crippen LogP contribution in [0.1, 0.15) is 36.0 Å². The van der Waals surface area contributed by atoms with Crippen LogP contribution in [0.4, 0.5) is 17.6 Å². The van der Waals surface area contributed by atoms with Gasteiger partial charge < -0.3 is 21.1 Å². The average molecular weight is 381 g/mol.